The predicted molar refractivity (Wildman–Crippen MR) is 77.5 cm³/mol. The Kier molecular flexibility index (Phi) is 3.86. The van der Waals surface area contributed by atoms with Crippen LogP contribution in [-0.2, 0) is 6.54 Å². The lowest BCUT2D eigenvalue weighted by Crippen LogP contribution is -2.33. The van der Waals surface area contributed by atoms with Gasteiger partial charge in [-0.15, -0.1) is 11.3 Å². The fourth-order valence-corrected chi connectivity index (χ4v) is 3.73. The van der Waals surface area contributed by atoms with Crippen molar-refractivity contribution in [2.75, 3.05) is 6.54 Å². The van der Waals surface area contributed by atoms with Gasteiger partial charge in [0.2, 0.25) is 0 Å². The number of nitrogens with zero attached hydrogens (tertiary/aromatic N) is 2. The number of hydrogen-bond acceptors (Lipinski definition) is 4. The first kappa shape index (κ1) is 13.1. The van der Waals surface area contributed by atoms with Crippen molar-refractivity contribution in [3.8, 4) is 0 Å². The maximum Gasteiger partial charge on any atom is 0.194 e. The minimum Gasteiger partial charge on any atom is -0.393 e. The Hall–Kier alpha value is -0.910. The zero-order valence-electron chi connectivity index (χ0n) is 11.3. The number of thiazole rings is 1. The van der Waals surface area contributed by atoms with Crippen molar-refractivity contribution in [2.24, 2.45) is 5.92 Å². The van der Waals surface area contributed by atoms with Crippen molar-refractivity contribution in [3.63, 3.8) is 0 Å². The third-order valence-electron chi connectivity index (χ3n) is 4.13. The molecule has 1 aliphatic rings. The Morgan fingerprint density at radius 2 is 2.32 bits per heavy atom. The number of nitrogens with one attached hydrogen (secondary N) is 1. The third-order valence-corrected chi connectivity index (χ3v) is 4.89. The molecule has 1 fully saturated rings. The number of imidazole rings is 1. The van der Waals surface area contributed by atoms with Crippen molar-refractivity contribution in [1.29, 1.82) is 0 Å². The maximum absolute atomic E-state index is 9.96. The minimum atomic E-state index is -0.117. The molecular weight excluding hydrogens is 258 g/mol. The molecule has 0 aliphatic heterocycles. The highest BCUT2D eigenvalue weighted by molar-refractivity contribution is 7.15. The van der Waals surface area contributed by atoms with Gasteiger partial charge in [0.05, 0.1) is 17.5 Å². The number of hydrogen-bond donors (Lipinski definition) is 2. The highest BCUT2D eigenvalue weighted by atomic mass is 32.1. The van der Waals surface area contributed by atoms with Gasteiger partial charge in [0.15, 0.2) is 4.96 Å². The van der Waals surface area contributed by atoms with Crippen molar-refractivity contribution >= 4 is 16.3 Å². The van der Waals surface area contributed by atoms with Crippen molar-refractivity contribution in [3.05, 3.63) is 23.0 Å². The highest BCUT2D eigenvalue weighted by Gasteiger charge is 2.22. The van der Waals surface area contributed by atoms with E-state index in [1.165, 1.54) is 18.5 Å². The molecule has 2 N–H and O–H groups in total. The monoisotopic (exact) mass is 279 g/mol. The van der Waals surface area contributed by atoms with Gasteiger partial charge in [0, 0.05) is 24.7 Å². The molecule has 5 heteroatoms. The summed E-state index contributed by atoms with van der Waals surface area (Å²) >= 11 is 1.67. The van der Waals surface area contributed by atoms with Gasteiger partial charge in [-0.25, -0.2) is 4.98 Å². The fraction of sp³-hybridized carbons (Fsp3) is 0.643. The molecule has 0 radical (unpaired) electrons. The van der Waals surface area contributed by atoms with Gasteiger partial charge in [0.25, 0.3) is 0 Å². The number of aryl methyl sites for hydroxylation is 1. The standard InChI is InChI=1S/C14H21N3OS/c1-10-12(17-6-7-19-14(17)16-10)9-15-8-11-4-2-3-5-13(11)18/h6-7,11,13,15,18H,2-5,8-9H2,1H3. The van der Waals surface area contributed by atoms with Crippen LogP contribution in [-0.4, -0.2) is 27.1 Å². The Labute approximate surface area is 117 Å². The fourth-order valence-electron chi connectivity index (χ4n) is 2.96. The molecule has 104 valence electrons. The number of fused-ring (bicyclic) bond motifs is 1. The molecule has 0 bridgehead atoms. The van der Waals surface area contributed by atoms with Crippen LogP contribution in [0, 0.1) is 12.8 Å². The summed E-state index contributed by atoms with van der Waals surface area (Å²) in [6.45, 7) is 3.79. The lowest BCUT2D eigenvalue weighted by molar-refractivity contribution is 0.0694. The molecule has 1 saturated carbocycles. The number of aliphatic hydroxyl groups is 1. The summed E-state index contributed by atoms with van der Waals surface area (Å²) in [6.07, 6.45) is 6.50. The summed E-state index contributed by atoms with van der Waals surface area (Å²) < 4.78 is 2.16. The van der Waals surface area contributed by atoms with Crippen LogP contribution in [0.1, 0.15) is 37.1 Å². The normalized spacial score (nSPS) is 24.1. The van der Waals surface area contributed by atoms with E-state index >= 15 is 0 Å². The average molecular weight is 279 g/mol. The number of aliphatic hydroxyl groups excluding tert-OH is 1. The van der Waals surface area contributed by atoms with Crippen LogP contribution in [0.15, 0.2) is 11.6 Å². The van der Waals surface area contributed by atoms with E-state index < -0.39 is 0 Å². The van der Waals surface area contributed by atoms with Gasteiger partial charge >= 0.3 is 0 Å². The summed E-state index contributed by atoms with van der Waals surface area (Å²) in [4.78, 5) is 5.61. The van der Waals surface area contributed by atoms with E-state index in [4.69, 9.17) is 0 Å². The Morgan fingerprint density at radius 1 is 1.47 bits per heavy atom. The maximum atomic E-state index is 9.96. The van der Waals surface area contributed by atoms with Gasteiger partial charge < -0.3 is 10.4 Å². The van der Waals surface area contributed by atoms with Crippen LogP contribution in [0.5, 0.6) is 0 Å². The van der Waals surface area contributed by atoms with Gasteiger partial charge in [-0.2, -0.15) is 0 Å². The molecule has 0 saturated heterocycles. The average Bonchev–Trinajstić information content (AvgIpc) is 2.94. The van der Waals surface area contributed by atoms with Crippen LogP contribution >= 0.6 is 11.3 Å². The zero-order chi connectivity index (χ0) is 13.2. The summed E-state index contributed by atoms with van der Waals surface area (Å²) in [5.41, 5.74) is 2.34. The van der Waals surface area contributed by atoms with Crippen LogP contribution in [0.4, 0.5) is 0 Å². The molecule has 19 heavy (non-hydrogen) atoms. The zero-order valence-corrected chi connectivity index (χ0v) is 12.1. The summed E-state index contributed by atoms with van der Waals surface area (Å²) in [7, 11) is 0. The summed E-state index contributed by atoms with van der Waals surface area (Å²) in [5.74, 6) is 0.417. The predicted octanol–water partition coefficient (Wildman–Crippen LogP) is 2.34. The largest absolute Gasteiger partial charge is 0.393 e. The van der Waals surface area contributed by atoms with Crippen LogP contribution < -0.4 is 5.32 Å². The highest BCUT2D eigenvalue weighted by Crippen LogP contribution is 2.24. The molecule has 2 unspecified atom stereocenters. The first-order chi connectivity index (χ1) is 9.25. The molecule has 4 nitrogen and oxygen atoms in total. The van der Waals surface area contributed by atoms with E-state index in [9.17, 15) is 5.11 Å². The van der Waals surface area contributed by atoms with Crippen molar-refractivity contribution in [1.82, 2.24) is 14.7 Å². The minimum absolute atomic E-state index is 0.117. The van der Waals surface area contributed by atoms with E-state index in [0.717, 1.165) is 36.6 Å². The summed E-state index contributed by atoms with van der Waals surface area (Å²) in [5, 5.41) is 15.5. The molecule has 2 aromatic heterocycles. The smallest absolute Gasteiger partial charge is 0.194 e. The SMILES string of the molecule is Cc1nc2sccn2c1CNCC1CCCCC1O. The van der Waals surface area contributed by atoms with Crippen LogP contribution in [0.2, 0.25) is 0 Å². The second-order valence-electron chi connectivity index (χ2n) is 5.44. The Morgan fingerprint density at radius 3 is 3.16 bits per heavy atom. The molecule has 2 heterocycles. The second-order valence-corrected chi connectivity index (χ2v) is 6.32. The van der Waals surface area contributed by atoms with Crippen molar-refractivity contribution < 1.29 is 5.11 Å². The lowest BCUT2D eigenvalue weighted by Gasteiger charge is -2.27. The second kappa shape index (κ2) is 5.61. The third kappa shape index (κ3) is 2.68. The molecule has 0 amide bonds. The van der Waals surface area contributed by atoms with E-state index in [0.29, 0.717) is 5.92 Å². The van der Waals surface area contributed by atoms with Crippen LogP contribution in [0.25, 0.3) is 4.96 Å². The van der Waals surface area contributed by atoms with E-state index in [2.05, 4.69) is 33.2 Å². The molecule has 0 aromatic carbocycles. The van der Waals surface area contributed by atoms with Crippen LogP contribution in [0.3, 0.4) is 0 Å². The first-order valence-electron chi connectivity index (χ1n) is 7.05. The molecule has 2 aromatic rings. The molecule has 0 spiro atoms. The topological polar surface area (TPSA) is 49.6 Å². The molecule has 2 atom stereocenters. The van der Waals surface area contributed by atoms with Gasteiger partial charge in [-0.05, 0) is 25.7 Å². The Balaban J connectivity index is 1.60. The van der Waals surface area contributed by atoms with E-state index in [-0.39, 0.29) is 6.10 Å². The van der Waals surface area contributed by atoms with Crippen molar-refractivity contribution in [2.45, 2.75) is 45.3 Å². The number of aromatic nitrogens is 2. The summed E-state index contributed by atoms with van der Waals surface area (Å²) in [6, 6.07) is 0. The van der Waals surface area contributed by atoms with Gasteiger partial charge in [-0.1, -0.05) is 12.8 Å². The molecule has 3 rings (SSSR count). The lowest BCUT2D eigenvalue weighted by atomic mass is 9.86. The van der Waals surface area contributed by atoms with Gasteiger partial charge in [-0.3, -0.25) is 4.40 Å². The molecular formula is C14H21N3OS. The number of rotatable bonds is 4. The van der Waals surface area contributed by atoms with Gasteiger partial charge in [0.1, 0.15) is 0 Å². The Bertz CT molecular complexity index is 548. The molecule has 1 aliphatic carbocycles. The van der Waals surface area contributed by atoms with E-state index in [1.807, 2.05) is 0 Å². The van der Waals surface area contributed by atoms with E-state index in [1.54, 1.807) is 11.3 Å². The first-order valence-corrected chi connectivity index (χ1v) is 7.93. The quantitative estimate of drug-likeness (QED) is 0.903.